The zero-order valence-electron chi connectivity index (χ0n) is 13.6. The van der Waals surface area contributed by atoms with Crippen LogP contribution in [0.3, 0.4) is 0 Å². The molecule has 8 heteroatoms. The van der Waals surface area contributed by atoms with Crippen LogP contribution in [-0.2, 0) is 25.8 Å². The summed E-state index contributed by atoms with van der Waals surface area (Å²) >= 11 is 3.63. The molecule has 0 radical (unpaired) electrons. The zero-order valence-corrected chi connectivity index (χ0v) is 15.2. The third kappa shape index (κ3) is 2.97. The molecule has 0 spiro atoms. The summed E-state index contributed by atoms with van der Waals surface area (Å²) in [7, 11) is 2.86. The van der Waals surface area contributed by atoms with Crippen molar-refractivity contribution in [1.82, 2.24) is 14.9 Å². The number of hydrogen-bond donors (Lipinski definition) is 2. The molecule has 2 N–H and O–H groups in total. The summed E-state index contributed by atoms with van der Waals surface area (Å²) in [5.41, 5.74) is 0.0947. The van der Waals surface area contributed by atoms with Crippen LogP contribution in [0, 0.1) is 0 Å². The van der Waals surface area contributed by atoms with Crippen molar-refractivity contribution >= 4 is 34.5 Å². The van der Waals surface area contributed by atoms with Gasteiger partial charge in [0.05, 0.1) is 12.6 Å². The summed E-state index contributed by atoms with van der Waals surface area (Å²) < 4.78 is 19.8. The van der Waals surface area contributed by atoms with Crippen molar-refractivity contribution in [3.8, 4) is 0 Å². The van der Waals surface area contributed by atoms with Crippen molar-refractivity contribution in [3.63, 3.8) is 0 Å². The second kappa shape index (κ2) is 6.74. The van der Waals surface area contributed by atoms with E-state index >= 15 is 0 Å². The van der Waals surface area contributed by atoms with Gasteiger partial charge in [0.25, 0.3) is 0 Å². The molecule has 0 bridgehead atoms. The van der Waals surface area contributed by atoms with Crippen molar-refractivity contribution in [1.29, 1.82) is 0 Å². The smallest absolute Gasteiger partial charge is 0.386 e. The monoisotopic (exact) mass is 355 g/mol. The molecular formula is C15H21N3O3S2. The standard InChI is InChI=1S/C15H21N3O3S2/c1-14(2)12(22)18(10-17-14)23(20)15(16-3,13(19)21-4)11-8-6-5-7-9-11/h5-9,16-17H,10H2,1-4H3. The molecule has 1 fully saturated rings. The number of carbonyl (C=O) groups is 1. The Morgan fingerprint density at radius 2 is 2.09 bits per heavy atom. The molecule has 2 rings (SSSR count). The molecule has 1 aromatic carbocycles. The van der Waals surface area contributed by atoms with E-state index in [0.717, 1.165) is 0 Å². The van der Waals surface area contributed by atoms with E-state index in [2.05, 4.69) is 10.6 Å². The van der Waals surface area contributed by atoms with Crippen molar-refractivity contribution in [2.45, 2.75) is 24.3 Å². The summed E-state index contributed by atoms with van der Waals surface area (Å²) in [6, 6.07) is 8.87. The van der Waals surface area contributed by atoms with Crippen LogP contribution in [0.5, 0.6) is 0 Å². The maximum Gasteiger partial charge on any atom is 0.386 e. The quantitative estimate of drug-likeness (QED) is 0.461. The van der Waals surface area contributed by atoms with Crippen LogP contribution < -0.4 is 10.6 Å². The molecule has 0 saturated carbocycles. The number of benzene rings is 1. The first kappa shape index (κ1) is 18.2. The minimum Gasteiger partial charge on any atom is -0.591 e. The Balaban J connectivity index is 2.50. The van der Waals surface area contributed by atoms with Gasteiger partial charge >= 0.3 is 10.8 Å². The number of carbonyl (C=O) groups excluding carboxylic acids is 1. The lowest BCUT2D eigenvalue weighted by Crippen LogP contribution is -2.59. The predicted octanol–water partition coefficient (Wildman–Crippen LogP) is 0.864. The Hall–Kier alpha value is -1.19. The van der Waals surface area contributed by atoms with Gasteiger partial charge < -0.3 is 9.29 Å². The van der Waals surface area contributed by atoms with E-state index in [1.54, 1.807) is 31.3 Å². The van der Waals surface area contributed by atoms with Crippen molar-refractivity contribution < 1.29 is 14.1 Å². The number of ether oxygens (including phenoxy) is 1. The Morgan fingerprint density at radius 3 is 2.52 bits per heavy atom. The minimum absolute atomic E-state index is 0.297. The normalized spacial score (nSPS) is 20.9. The highest BCUT2D eigenvalue weighted by Crippen LogP contribution is 2.34. The molecule has 0 aliphatic carbocycles. The highest BCUT2D eigenvalue weighted by atomic mass is 32.2. The summed E-state index contributed by atoms with van der Waals surface area (Å²) in [5.74, 6) is -0.628. The highest BCUT2D eigenvalue weighted by molar-refractivity contribution is 7.93. The lowest BCUT2D eigenvalue weighted by Gasteiger charge is -2.36. The molecule has 6 nitrogen and oxygen atoms in total. The largest absolute Gasteiger partial charge is 0.591 e. The lowest BCUT2D eigenvalue weighted by atomic mass is 10.1. The van der Waals surface area contributed by atoms with E-state index in [9.17, 15) is 9.35 Å². The second-order valence-corrected chi connectivity index (χ2v) is 7.62. The van der Waals surface area contributed by atoms with Crippen molar-refractivity contribution in [3.05, 3.63) is 35.9 Å². The number of esters is 1. The first-order chi connectivity index (χ1) is 10.8. The van der Waals surface area contributed by atoms with Gasteiger partial charge in [-0.3, -0.25) is 10.6 Å². The Bertz CT molecular complexity index is 597. The van der Waals surface area contributed by atoms with E-state index in [0.29, 0.717) is 17.2 Å². The molecule has 126 valence electrons. The van der Waals surface area contributed by atoms with Crippen LogP contribution in [-0.4, -0.2) is 46.2 Å². The van der Waals surface area contributed by atoms with Crippen LogP contribution in [0.1, 0.15) is 19.4 Å². The summed E-state index contributed by atoms with van der Waals surface area (Å²) in [6.45, 7) is 4.12. The molecule has 1 aromatic rings. The molecule has 23 heavy (non-hydrogen) atoms. The van der Waals surface area contributed by atoms with Gasteiger partial charge in [-0.15, -0.1) is 0 Å². The Labute approximate surface area is 144 Å². The van der Waals surface area contributed by atoms with Gasteiger partial charge in [-0.2, -0.15) is 4.31 Å². The number of thiocarbonyl (C=S) groups is 1. The van der Waals surface area contributed by atoms with Gasteiger partial charge in [0.1, 0.15) is 23.0 Å². The summed E-state index contributed by atoms with van der Waals surface area (Å²) in [4.78, 5) is 11.5. The second-order valence-electron chi connectivity index (χ2n) is 5.68. The Morgan fingerprint density at radius 1 is 1.48 bits per heavy atom. The van der Waals surface area contributed by atoms with Crippen molar-refractivity contribution in [2.75, 3.05) is 20.8 Å². The zero-order chi connectivity index (χ0) is 17.3. The molecule has 1 aliphatic rings. The molecule has 2 atom stereocenters. The molecule has 2 unspecified atom stereocenters. The van der Waals surface area contributed by atoms with Crippen LogP contribution in [0.15, 0.2) is 30.3 Å². The molecule has 0 amide bonds. The van der Waals surface area contributed by atoms with E-state index in [-0.39, 0.29) is 0 Å². The number of nitrogens with one attached hydrogen (secondary N) is 2. The molecule has 1 heterocycles. The van der Waals surface area contributed by atoms with Crippen LogP contribution in [0.25, 0.3) is 0 Å². The van der Waals surface area contributed by atoms with E-state index in [4.69, 9.17) is 17.0 Å². The fraction of sp³-hybridized carbons (Fsp3) is 0.467. The van der Waals surface area contributed by atoms with Gasteiger partial charge in [0, 0.05) is 5.56 Å². The number of hydrogen-bond acceptors (Lipinski definition) is 6. The summed E-state index contributed by atoms with van der Waals surface area (Å²) in [6.07, 6.45) is 0. The summed E-state index contributed by atoms with van der Waals surface area (Å²) in [5, 5.41) is 6.10. The third-order valence-corrected chi connectivity index (χ3v) is 6.58. The molecule has 1 saturated heterocycles. The first-order valence-electron chi connectivity index (χ1n) is 7.13. The fourth-order valence-corrected chi connectivity index (χ4v) is 4.44. The minimum atomic E-state index is -1.81. The molecule has 1 aliphatic heterocycles. The average Bonchev–Trinajstić information content (AvgIpc) is 2.83. The van der Waals surface area contributed by atoms with Crippen molar-refractivity contribution in [2.24, 2.45) is 0 Å². The lowest BCUT2D eigenvalue weighted by molar-refractivity contribution is -0.145. The number of rotatable bonds is 5. The number of likely N-dealkylation sites (N-methyl/N-ethyl adjacent to an activating group) is 1. The molecular weight excluding hydrogens is 334 g/mol. The van der Waals surface area contributed by atoms with Gasteiger partial charge in [0.2, 0.25) is 0 Å². The SMILES string of the molecule is CNC(C(=O)OC)(c1ccccc1)[S+]([O-])N1CNC(C)(C)C1=S. The highest BCUT2D eigenvalue weighted by Gasteiger charge is 2.58. The first-order valence-corrected chi connectivity index (χ1v) is 8.64. The topological polar surface area (TPSA) is 76.7 Å². The predicted molar refractivity (Wildman–Crippen MR) is 93.9 cm³/mol. The van der Waals surface area contributed by atoms with Crippen LogP contribution in [0.4, 0.5) is 0 Å². The number of nitrogens with zero attached hydrogens (tertiary/aromatic N) is 1. The van der Waals surface area contributed by atoms with Gasteiger partial charge in [-0.05, 0) is 20.9 Å². The maximum atomic E-state index is 13.3. The van der Waals surface area contributed by atoms with Crippen LogP contribution >= 0.6 is 12.2 Å². The maximum absolute atomic E-state index is 13.3. The number of methoxy groups -OCH3 is 1. The Kier molecular flexibility index (Phi) is 5.32. The van der Waals surface area contributed by atoms with Gasteiger partial charge in [-0.25, -0.2) is 4.79 Å². The fourth-order valence-electron chi connectivity index (χ4n) is 2.47. The van der Waals surface area contributed by atoms with Gasteiger partial charge in [-0.1, -0.05) is 42.5 Å². The van der Waals surface area contributed by atoms with E-state index in [1.807, 2.05) is 19.9 Å². The van der Waals surface area contributed by atoms with E-state index < -0.39 is 27.7 Å². The average molecular weight is 355 g/mol. The van der Waals surface area contributed by atoms with Gasteiger partial charge in [0.15, 0.2) is 0 Å². The van der Waals surface area contributed by atoms with Crippen LogP contribution in [0.2, 0.25) is 0 Å². The molecule has 0 aromatic heterocycles. The third-order valence-electron chi connectivity index (χ3n) is 3.89. The van der Waals surface area contributed by atoms with E-state index in [1.165, 1.54) is 11.4 Å².